The van der Waals surface area contributed by atoms with Crippen molar-refractivity contribution in [1.82, 2.24) is 19.6 Å². The summed E-state index contributed by atoms with van der Waals surface area (Å²) in [4.78, 5) is 12.7. The minimum Gasteiger partial charge on any atom is -0.394 e. The SMILES string of the molecule is CCNc1c(-c2ccc(=O)n(-c3ccccc3C)n2)c(-c2ccc(F)cc2)nn1CCO. The maximum Gasteiger partial charge on any atom is 0.271 e. The molecule has 0 saturated carbocycles. The number of nitrogens with zero attached hydrogens (tertiary/aromatic N) is 4. The second-order valence-electron chi connectivity index (χ2n) is 7.31. The number of benzene rings is 2. The van der Waals surface area contributed by atoms with Gasteiger partial charge in [-0.25, -0.2) is 9.07 Å². The van der Waals surface area contributed by atoms with Crippen LogP contribution in [-0.4, -0.2) is 37.8 Å². The monoisotopic (exact) mass is 433 g/mol. The van der Waals surface area contributed by atoms with E-state index < -0.39 is 0 Å². The van der Waals surface area contributed by atoms with Crippen LogP contribution in [0.4, 0.5) is 10.2 Å². The Hall–Kier alpha value is -3.78. The van der Waals surface area contributed by atoms with Crippen LogP contribution in [0.25, 0.3) is 28.2 Å². The summed E-state index contributed by atoms with van der Waals surface area (Å²) in [6.07, 6.45) is 0. The van der Waals surface area contributed by atoms with Crippen LogP contribution >= 0.6 is 0 Å². The Labute approximate surface area is 184 Å². The molecule has 0 atom stereocenters. The van der Waals surface area contributed by atoms with Crippen molar-refractivity contribution >= 4 is 5.82 Å². The predicted octanol–water partition coefficient (Wildman–Crippen LogP) is 3.63. The molecule has 0 radical (unpaired) electrons. The van der Waals surface area contributed by atoms with E-state index in [1.54, 1.807) is 22.9 Å². The lowest BCUT2D eigenvalue weighted by atomic mass is 10.0. The van der Waals surface area contributed by atoms with Gasteiger partial charge in [-0.2, -0.15) is 14.9 Å². The molecule has 4 rings (SSSR count). The van der Waals surface area contributed by atoms with Gasteiger partial charge in [-0.15, -0.1) is 0 Å². The van der Waals surface area contributed by atoms with Gasteiger partial charge < -0.3 is 10.4 Å². The highest BCUT2D eigenvalue weighted by atomic mass is 19.1. The molecule has 0 unspecified atom stereocenters. The normalized spacial score (nSPS) is 11.0. The Balaban J connectivity index is 1.98. The highest BCUT2D eigenvalue weighted by Crippen LogP contribution is 2.36. The van der Waals surface area contributed by atoms with Gasteiger partial charge >= 0.3 is 0 Å². The molecule has 2 aromatic carbocycles. The minimum absolute atomic E-state index is 0.0987. The summed E-state index contributed by atoms with van der Waals surface area (Å²) in [5.41, 5.74) is 3.85. The Kier molecular flexibility index (Phi) is 6.13. The van der Waals surface area contributed by atoms with Crippen LogP contribution in [0, 0.1) is 12.7 Å². The molecule has 0 aliphatic heterocycles. The van der Waals surface area contributed by atoms with Crippen molar-refractivity contribution in [2.24, 2.45) is 0 Å². The molecule has 0 amide bonds. The van der Waals surface area contributed by atoms with Crippen molar-refractivity contribution in [3.63, 3.8) is 0 Å². The second-order valence-corrected chi connectivity index (χ2v) is 7.31. The molecular weight excluding hydrogens is 409 g/mol. The standard InChI is InChI=1S/C24H24FN5O2/c1-3-26-24-22(23(28-29(24)14-15-31)17-8-10-18(25)11-9-17)19-12-13-21(32)30(27-19)20-7-5-4-6-16(20)2/h4-13,26,31H,3,14-15H2,1-2H3. The van der Waals surface area contributed by atoms with Gasteiger partial charge in [-0.05, 0) is 55.8 Å². The molecule has 8 heteroatoms. The second kappa shape index (κ2) is 9.15. The van der Waals surface area contributed by atoms with Gasteiger partial charge in [0.15, 0.2) is 0 Å². The molecule has 7 nitrogen and oxygen atoms in total. The average molecular weight is 433 g/mol. The van der Waals surface area contributed by atoms with E-state index in [2.05, 4.69) is 15.5 Å². The third kappa shape index (κ3) is 4.04. The molecule has 0 aliphatic carbocycles. The number of anilines is 1. The van der Waals surface area contributed by atoms with Crippen LogP contribution in [0.1, 0.15) is 12.5 Å². The van der Waals surface area contributed by atoms with Crippen molar-refractivity contribution in [2.45, 2.75) is 20.4 Å². The number of halogens is 1. The van der Waals surface area contributed by atoms with Gasteiger partial charge in [0.05, 0.1) is 30.1 Å². The summed E-state index contributed by atoms with van der Waals surface area (Å²) in [6, 6.07) is 16.7. The van der Waals surface area contributed by atoms with Crippen molar-refractivity contribution in [1.29, 1.82) is 0 Å². The van der Waals surface area contributed by atoms with E-state index in [1.807, 2.05) is 38.1 Å². The third-order valence-electron chi connectivity index (χ3n) is 5.13. The zero-order chi connectivity index (χ0) is 22.7. The van der Waals surface area contributed by atoms with Crippen LogP contribution in [0.15, 0.2) is 65.5 Å². The summed E-state index contributed by atoms with van der Waals surface area (Å²) >= 11 is 0. The molecule has 0 saturated heterocycles. The first kappa shape index (κ1) is 21.5. The number of rotatable bonds is 7. The zero-order valence-electron chi connectivity index (χ0n) is 17.9. The number of aliphatic hydroxyl groups excluding tert-OH is 1. The van der Waals surface area contributed by atoms with Crippen LogP contribution < -0.4 is 10.9 Å². The summed E-state index contributed by atoms with van der Waals surface area (Å²) < 4.78 is 16.6. The van der Waals surface area contributed by atoms with Gasteiger partial charge in [-0.3, -0.25) is 4.79 Å². The van der Waals surface area contributed by atoms with Gasteiger partial charge in [0.2, 0.25) is 0 Å². The van der Waals surface area contributed by atoms with E-state index >= 15 is 0 Å². The molecule has 0 bridgehead atoms. The van der Waals surface area contributed by atoms with Crippen molar-refractivity contribution in [3.05, 3.63) is 82.4 Å². The zero-order valence-corrected chi connectivity index (χ0v) is 17.9. The van der Waals surface area contributed by atoms with E-state index in [9.17, 15) is 14.3 Å². The smallest absolute Gasteiger partial charge is 0.271 e. The first-order valence-corrected chi connectivity index (χ1v) is 10.4. The Bertz CT molecular complexity index is 1290. The molecule has 0 aliphatic rings. The minimum atomic E-state index is -0.344. The summed E-state index contributed by atoms with van der Waals surface area (Å²) in [5.74, 6) is 0.326. The first-order chi connectivity index (χ1) is 15.5. The van der Waals surface area contributed by atoms with Gasteiger partial charge in [-0.1, -0.05) is 18.2 Å². The van der Waals surface area contributed by atoms with E-state index in [-0.39, 0.29) is 24.5 Å². The number of para-hydroxylation sites is 1. The van der Waals surface area contributed by atoms with Crippen LogP contribution in [0.5, 0.6) is 0 Å². The molecule has 2 heterocycles. The summed E-state index contributed by atoms with van der Waals surface area (Å²) in [6.45, 7) is 4.67. The van der Waals surface area contributed by atoms with Crippen LogP contribution in [0.3, 0.4) is 0 Å². The molecule has 164 valence electrons. The molecule has 0 fully saturated rings. The maximum absolute atomic E-state index is 13.6. The van der Waals surface area contributed by atoms with E-state index in [0.29, 0.717) is 40.6 Å². The number of aryl methyl sites for hydroxylation is 1. The highest BCUT2D eigenvalue weighted by Gasteiger charge is 2.22. The van der Waals surface area contributed by atoms with E-state index in [4.69, 9.17) is 0 Å². The first-order valence-electron chi connectivity index (χ1n) is 10.4. The van der Waals surface area contributed by atoms with Crippen molar-refractivity contribution in [3.8, 4) is 28.2 Å². The fourth-order valence-electron chi connectivity index (χ4n) is 3.64. The molecule has 2 aromatic heterocycles. The van der Waals surface area contributed by atoms with Crippen LogP contribution in [0.2, 0.25) is 0 Å². The number of aliphatic hydroxyl groups is 1. The van der Waals surface area contributed by atoms with Crippen LogP contribution in [-0.2, 0) is 6.54 Å². The summed E-state index contributed by atoms with van der Waals surface area (Å²) in [5, 5.41) is 22.2. The molecule has 4 aromatic rings. The largest absolute Gasteiger partial charge is 0.394 e. The summed E-state index contributed by atoms with van der Waals surface area (Å²) in [7, 11) is 0. The lowest BCUT2D eigenvalue weighted by Crippen LogP contribution is -2.21. The average Bonchev–Trinajstić information content (AvgIpc) is 3.14. The Morgan fingerprint density at radius 2 is 1.78 bits per heavy atom. The lowest BCUT2D eigenvalue weighted by molar-refractivity contribution is 0.270. The Morgan fingerprint density at radius 3 is 2.47 bits per heavy atom. The quantitative estimate of drug-likeness (QED) is 0.465. The van der Waals surface area contributed by atoms with Gasteiger partial charge in [0, 0.05) is 18.2 Å². The van der Waals surface area contributed by atoms with Gasteiger partial charge in [0.1, 0.15) is 17.3 Å². The maximum atomic E-state index is 13.6. The van der Waals surface area contributed by atoms with E-state index in [1.165, 1.54) is 22.9 Å². The number of aromatic nitrogens is 4. The van der Waals surface area contributed by atoms with Gasteiger partial charge in [0.25, 0.3) is 5.56 Å². The van der Waals surface area contributed by atoms with E-state index in [0.717, 1.165) is 5.56 Å². The molecule has 0 spiro atoms. The fraction of sp³-hybridized carbons (Fsp3) is 0.208. The third-order valence-corrected chi connectivity index (χ3v) is 5.13. The predicted molar refractivity (Wildman–Crippen MR) is 122 cm³/mol. The Morgan fingerprint density at radius 1 is 1.03 bits per heavy atom. The highest BCUT2D eigenvalue weighted by molar-refractivity contribution is 5.87. The molecular formula is C24H24FN5O2. The van der Waals surface area contributed by atoms with Crippen molar-refractivity contribution in [2.75, 3.05) is 18.5 Å². The number of hydrogen-bond donors (Lipinski definition) is 2. The molecule has 2 N–H and O–H groups in total. The fourth-order valence-corrected chi connectivity index (χ4v) is 3.64. The van der Waals surface area contributed by atoms with Crippen molar-refractivity contribution < 1.29 is 9.50 Å². The lowest BCUT2D eigenvalue weighted by Gasteiger charge is -2.12. The molecule has 32 heavy (non-hydrogen) atoms. The number of hydrogen-bond acceptors (Lipinski definition) is 5. The number of nitrogens with one attached hydrogen (secondary N) is 1. The topological polar surface area (TPSA) is 85.0 Å².